The number of aromatic nitrogens is 2. The van der Waals surface area contributed by atoms with Crippen molar-refractivity contribution in [2.45, 2.75) is 26.8 Å². The zero-order valence-corrected chi connectivity index (χ0v) is 17.2. The predicted molar refractivity (Wildman–Crippen MR) is 112 cm³/mol. The molecule has 6 nitrogen and oxygen atoms in total. The molecule has 4 rings (SSSR count). The lowest BCUT2D eigenvalue weighted by Gasteiger charge is -2.34. The minimum Gasteiger partial charge on any atom is -0.334 e. The second-order valence-electron chi connectivity index (χ2n) is 6.97. The number of nitrogens with one attached hydrogen (secondary N) is 1. The molecular weight excluding hydrogens is 388 g/mol. The number of rotatable bonds is 4. The van der Waals surface area contributed by atoms with E-state index in [1.165, 1.54) is 0 Å². The molecule has 1 unspecified atom stereocenters. The summed E-state index contributed by atoms with van der Waals surface area (Å²) in [5, 5.41) is 7.81. The summed E-state index contributed by atoms with van der Waals surface area (Å²) in [5.74, 6) is 0.826. The number of amides is 2. The van der Waals surface area contributed by atoms with Crippen molar-refractivity contribution in [3.05, 3.63) is 76.3 Å². The lowest BCUT2D eigenvalue weighted by molar-refractivity contribution is 0.207. The third-order valence-electron chi connectivity index (χ3n) is 5.06. The number of allylic oxidation sites excluding steroid dienone is 1. The number of benzene rings is 2. The van der Waals surface area contributed by atoms with Crippen LogP contribution in [-0.2, 0) is 0 Å². The number of hydrogen-bond donors (Lipinski definition) is 1. The molecule has 0 saturated carbocycles. The first kappa shape index (κ1) is 19.2. The molecule has 1 N–H and O–H groups in total. The van der Waals surface area contributed by atoms with E-state index >= 15 is 0 Å². The second-order valence-corrected chi connectivity index (χ2v) is 7.41. The molecule has 7 heteroatoms. The van der Waals surface area contributed by atoms with Gasteiger partial charge in [0.05, 0.1) is 11.6 Å². The van der Waals surface area contributed by atoms with Gasteiger partial charge in [0, 0.05) is 22.8 Å². The summed E-state index contributed by atoms with van der Waals surface area (Å²) < 4.78 is 5.63. The molecule has 0 radical (unpaired) electrons. The van der Waals surface area contributed by atoms with Crippen molar-refractivity contribution in [2.24, 2.45) is 0 Å². The summed E-state index contributed by atoms with van der Waals surface area (Å²) in [4.78, 5) is 18.9. The van der Waals surface area contributed by atoms with Crippen molar-refractivity contribution in [3.63, 3.8) is 0 Å². The summed E-state index contributed by atoms with van der Waals surface area (Å²) in [7, 11) is 0. The molecule has 0 bridgehead atoms. The molecular formula is C22H21ClN4O2. The minimum absolute atomic E-state index is 0.145. The molecule has 0 saturated heterocycles. The van der Waals surface area contributed by atoms with Gasteiger partial charge in [-0.1, -0.05) is 58.7 Å². The number of carbonyl (C=O) groups is 1. The molecule has 29 heavy (non-hydrogen) atoms. The van der Waals surface area contributed by atoms with Gasteiger partial charge in [0.25, 0.3) is 5.89 Å². The molecule has 148 valence electrons. The SMILES string of the molecule is CCN1C(=O)NC(c2ccc(C)cc2)C(c2nc(-c3cccc(Cl)c3)no2)=C1C. The van der Waals surface area contributed by atoms with Crippen molar-refractivity contribution in [1.82, 2.24) is 20.4 Å². The molecule has 2 amide bonds. The van der Waals surface area contributed by atoms with Crippen molar-refractivity contribution < 1.29 is 9.32 Å². The molecule has 1 atom stereocenters. The van der Waals surface area contributed by atoms with Crippen molar-refractivity contribution in [3.8, 4) is 11.4 Å². The van der Waals surface area contributed by atoms with Crippen LogP contribution in [0.1, 0.15) is 36.9 Å². The Kier molecular flexibility index (Phi) is 5.11. The molecule has 2 aromatic carbocycles. The fourth-order valence-electron chi connectivity index (χ4n) is 3.53. The Balaban J connectivity index is 1.81. The highest BCUT2D eigenvalue weighted by Crippen LogP contribution is 2.37. The first-order valence-electron chi connectivity index (χ1n) is 9.43. The van der Waals surface area contributed by atoms with Crippen molar-refractivity contribution in [2.75, 3.05) is 6.54 Å². The van der Waals surface area contributed by atoms with Crippen molar-refractivity contribution >= 4 is 23.2 Å². The summed E-state index contributed by atoms with van der Waals surface area (Å²) in [6.45, 7) is 6.40. The van der Waals surface area contributed by atoms with E-state index in [9.17, 15) is 4.79 Å². The van der Waals surface area contributed by atoms with Crippen LogP contribution in [0.25, 0.3) is 17.0 Å². The average molecular weight is 409 g/mol. The molecule has 3 aromatic rings. The monoisotopic (exact) mass is 408 g/mol. The molecule has 1 aliphatic heterocycles. The molecule has 0 aliphatic carbocycles. The van der Waals surface area contributed by atoms with Gasteiger partial charge in [-0.05, 0) is 38.5 Å². The Morgan fingerprint density at radius 3 is 2.62 bits per heavy atom. The standard InChI is InChI=1S/C22H21ClN4O2/c1-4-27-14(3)18(19(24-22(27)28)15-10-8-13(2)9-11-15)21-25-20(26-29-21)16-6-5-7-17(23)12-16/h5-12,19H,4H2,1-3H3,(H,24,28). The smallest absolute Gasteiger partial charge is 0.322 e. The summed E-state index contributed by atoms with van der Waals surface area (Å²) >= 11 is 6.09. The largest absolute Gasteiger partial charge is 0.334 e. The molecule has 0 fully saturated rings. The lowest BCUT2D eigenvalue weighted by atomic mass is 9.94. The van der Waals surface area contributed by atoms with E-state index in [1.54, 1.807) is 17.0 Å². The van der Waals surface area contributed by atoms with Crippen LogP contribution in [0.5, 0.6) is 0 Å². The van der Waals surface area contributed by atoms with Crippen molar-refractivity contribution in [1.29, 1.82) is 0 Å². The minimum atomic E-state index is -0.376. The maximum absolute atomic E-state index is 12.6. The van der Waals surface area contributed by atoms with Crippen LogP contribution in [0.2, 0.25) is 5.02 Å². The zero-order chi connectivity index (χ0) is 20.5. The first-order valence-corrected chi connectivity index (χ1v) is 9.81. The number of halogens is 1. The maximum atomic E-state index is 12.6. The zero-order valence-electron chi connectivity index (χ0n) is 16.4. The van der Waals surface area contributed by atoms with Crippen LogP contribution >= 0.6 is 11.6 Å². The first-order chi connectivity index (χ1) is 14.0. The van der Waals surface area contributed by atoms with Gasteiger partial charge in [-0.2, -0.15) is 4.98 Å². The Morgan fingerprint density at radius 2 is 1.93 bits per heavy atom. The molecule has 1 aliphatic rings. The van der Waals surface area contributed by atoms with Gasteiger partial charge in [0.2, 0.25) is 5.82 Å². The Bertz CT molecular complexity index is 1090. The predicted octanol–water partition coefficient (Wildman–Crippen LogP) is 5.22. The summed E-state index contributed by atoms with van der Waals surface area (Å²) in [5.41, 5.74) is 4.45. The maximum Gasteiger partial charge on any atom is 0.322 e. The number of nitrogens with zero attached hydrogens (tertiary/aromatic N) is 3. The van der Waals surface area contributed by atoms with Gasteiger partial charge >= 0.3 is 6.03 Å². The lowest BCUT2D eigenvalue weighted by Crippen LogP contribution is -2.45. The third-order valence-corrected chi connectivity index (χ3v) is 5.30. The highest BCUT2D eigenvalue weighted by Gasteiger charge is 2.35. The van der Waals surface area contributed by atoms with E-state index in [4.69, 9.17) is 16.1 Å². The molecule has 1 aromatic heterocycles. The van der Waals surface area contributed by atoms with Crippen LogP contribution in [-0.4, -0.2) is 27.6 Å². The van der Waals surface area contributed by atoms with E-state index < -0.39 is 0 Å². The summed E-state index contributed by atoms with van der Waals surface area (Å²) in [6, 6.07) is 14.8. The van der Waals surface area contributed by atoms with Crippen LogP contribution in [0.4, 0.5) is 4.79 Å². The van der Waals surface area contributed by atoms with E-state index in [1.807, 2.05) is 57.2 Å². The second kappa shape index (κ2) is 7.72. The van der Waals surface area contributed by atoms with E-state index in [-0.39, 0.29) is 12.1 Å². The van der Waals surface area contributed by atoms with Gasteiger partial charge in [-0.25, -0.2) is 4.79 Å². The average Bonchev–Trinajstić information content (AvgIpc) is 3.18. The van der Waals surface area contributed by atoms with Gasteiger partial charge in [-0.3, -0.25) is 4.90 Å². The third kappa shape index (κ3) is 3.63. The highest BCUT2D eigenvalue weighted by molar-refractivity contribution is 6.30. The van der Waals surface area contributed by atoms with E-state index in [0.29, 0.717) is 23.3 Å². The van der Waals surface area contributed by atoms with E-state index in [2.05, 4.69) is 15.5 Å². The normalized spacial score (nSPS) is 16.9. The van der Waals surface area contributed by atoms with Gasteiger partial charge < -0.3 is 9.84 Å². The molecule has 2 heterocycles. The number of carbonyl (C=O) groups excluding carboxylic acids is 1. The number of aryl methyl sites for hydroxylation is 1. The van der Waals surface area contributed by atoms with Crippen LogP contribution in [0.3, 0.4) is 0 Å². The van der Waals surface area contributed by atoms with Crippen LogP contribution in [0, 0.1) is 6.92 Å². The van der Waals surface area contributed by atoms with E-state index in [0.717, 1.165) is 28.0 Å². The molecule has 0 spiro atoms. The van der Waals surface area contributed by atoms with Gasteiger partial charge in [-0.15, -0.1) is 0 Å². The topological polar surface area (TPSA) is 71.3 Å². The highest BCUT2D eigenvalue weighted by atomic mass is 35.5. The number of hydrogen-bond acceptors (Lipinski definition) is 4. The van der Waals surface area contributed by atoms with Gasteiger partial charge in [0.1, 0.15) is 0 Å². The Labute approximate surface area is 174 Å². The van der Waals surface area contributed by atoms with Gasteiger partial charge in [0.15, 0.2) is 0 Å². The number of urea groups is 1. The fourth-order valence-corrected chi connectivity index (χ4v) is 3.72. The van der Waals surface area contributed by atoms with Crippen LogP contribution in [0.15, 0.2) is 58.8 Å². The van der Waals surface area contributed by atoms with Crippen LogP contribution < -0.4 is 5.32 Å². The Hall–Kier alpha value is -3.12. The fraction of sp³-hybridized carbons (Fsp3) is 0.227. The summed E-state index contributed by atoms with van der Waals surface area (Å²) in [6.07, 6.45) is 0. The quantitative estimate of drug-likeness (QED) is 0.642. The Morgan fingerprint density at radius 1 is 1.17 bits per heavy atom.